The number of urea groups is 1. The lowest BCUT2D eigenvalue weighted by Gasteiger charge is -2.16. The molecule has 0 bridgehead atoms. The number of benzene rings is 2. The number of carbonyl (C=O) groups excluding carboxylic acids is 1. The fourth-order valence-corrected chi connectivity index (χ4v) is 2.82. The van der Waals surface area contributed by atoms with E-state index in [2.05, 4.69) is 10.6 Å². The predicted octanol–water partition coefficient (Wildman–Crippen LogP) is 3.63. The second kappa shape index (κ2) is 7.02. The minimum absolute atomic E-state index is 0.244. The molecule has 2 aromatic carbocycles. The monoisotopic (exact) mass is 352 g/mol. The first-order chi connectivity index (χ1) is 10.8. The van der Waals surface area contributed by atoms with Gasteiger partial charge in [0.15, 0.2) is 9.84 Å². The van der Waals surface area contributed by atoms with Gasteiger partial charge in [0.2, 0.25) is 0 Å². The Bertz CT molecular complexity index is 804. The molecule has 0 radical (unpaired) electrons. The maximum absolute atomic E-state index is 12.0. The summed E-state index contributed by atoms with van der Waals surface area (Å²) < 4.78 is 22.9. The van der Waals surface area contributed by atoms with Crippen molar-refractivity contribution in [3.63, 3.8) is 0 Å². The molecule has 0 aliphatic heterocycles. The van der Waals surface area contributed by atoms with Crippen molar-refractivity contribution in [2.45, 2.75) is 17.9 Å². The molecule has 1 atom stereocenters. The molecule has 1 unspecified atom stereocenters. The Hall–Kier alpha value is -2.05. The minimum atomic E-state index is -3.23. The van der Waals surface area contributed by atoms with Crippen LogP contribution in [0.15, 0.2) is 53.4 Å². The quantitative estimate of drug-likeness (QED) is 0.882. The molecule has 0 fully saturated rings. The highest BCUT2D eigenvalue weighted by Crippen LogP contribution is 2.21. The number of para-hydroxylation sites is 1. The molecule has 0 heterocycles. The van der Waals surface area contributed by atoms with Crippen molar-refractivity contribution >= 4 is 33.2 Å². The van der Waals surface area contributed by atoms with Crippen molar-refractivity contribution in [3.05, 3.63) is 59.1 Å². The molecule has 2 rings (SSSR count). The average molecular weight is 353 g/mol. The Morgan fingerprint density at radius 2 is 1.70 bits per heavy atom. The topological polar surface area (TPSA) is 75.3 Å². The van der Waals surface area contributed by atoms with Crippen LogP contribution in [0, 0.1) is 0 Å². The number of amides is 2. The van der Waals surface area contributed by atoms with Crippen LogP contribution in [-0.2, 0) is 9.84 Å². The Kier molecular flexibility index (Phi) is 5.28. The van der Waals surface area contributed by atoms with Gasteiger partial charge in [-0.1, -0.05) is 35.9 Å². The molecule has 23 heavy (non-hydrogen) atoms. The van der Waals surface area contributed by atoms with Crippen LogP contribution in [0.2, 0.25) is 5.02 Å². The van der Waals surface area contributed by atoms with Crippen molar-refractivity contribution in [2.24, 2.45) is 0 Å². The Morgan fingerprint density at radius 3 is 2.26 bits per heavy atom. The van der Waals surface area contributed by atoms with E-state index in [-0.39, 0.29) is 10.9 Å². The van der Waals surface area contributed by atoms with Gasteiger partial charge >= 0.3 is 6.03 Å². The van der Waals surface area contributed by atoms with Crippen molar-refractivity contribution in [1.29, 1.82) is 0 Å². The number of sulfone groups is 1. The van der Waals surface area contributed by atoms with Gasteiger partial charge in [-0.2, -0.15) is 0 Å². The molecule has 2 N–H and O–H groups in total. The van der Waals surface area contributed by atoms with Gasteiger partial charge < -0.3 is 10.6 Å². The third-order valence-electron chi connectivity index (χ3n) is 3.28. The average Bonchev–Trinajstić information content (AvgIpc) is 2.49. The normalized spacial score (nSPS) is 12.5. The molecule has 5 nitrogen and oxygen atoms in total. The molecule has 0 spiro atoms. The molecular weight excluding hydrogens is 336 g/mol. The fourth-order valence-electron chi connectivity index (χ4n) is 2.00. The Labute approximate surface area is 140 Å². The lowest BCUT2D eigenvalue weighted by atomic mass is 10.1. The lowest BCUT2D eigenvalue weighted by Crippen LogP contribution is -2.31. The highest BCUT2D eigenvalue weighted by Gasteiger charge is 2.12. The van der Waals surface area contributed by atoms with E-state index in [1.807, 2.05) is 6.92 Å². The first-order valence-electron chi connectivity index (χ1n) is 6.89. The highest BCUT2D eigenvalue weighted by atomic mass is 35.5. The van der Waals surface area contributed by atoms with Crippen LogP contribution in [0.3, 0.4) is 0 Å². The summed E-state index contributed by atoms with van der Waals surface area (Å²) in [6, 6.07) is 12.7. The number of halogens is 1. The van der Waals surface area contributed by atoms with Crippen LogP contribution < -0.4 is 10.6 Å². The van der Waals surface area contributed by atoms with E-state index in [1.54, 1.807) is 36.4 Å². The van der Waals surface area contributed by atoms with Gasteiger partial charge in [-0.3, -0.25) is 0 Å². The summed E-state index contributed by atoms with van der Waals surface area (Å²) >= 11 is 5.98. The number of nitrogens with one attached hydrogen (secondary N) is 2. The smallest absolute Gasteiger partial charge is 0.319 e. The molecule has 0 aliphatic carbocycles. The third kappa shape index (κ3) is 4.71. The number of carbonyl (C=O) groups is 1. The highest BCUT2D eigenvalue weighted by molar-refractivity contribution is 7.90. The summed E-state index contributed by atoms with van der Waals surface area (Å²) in [6.07, 6.45) is 1.15. The molecule has 2 amide bonds. The van der Waals surface area contributed by atoms with E-state index in [4.69, 9.17) is 11.6 Å². The van der Waals surface area contributed by atoms with Gasteiger partial charge in [0, 0.05) is 6.26 Å². The van der Waals surface area contributed by atoms with E-state index in [9.17, 15) is 13.2 Å². The first kappa shape index (κ1) is 17.3. The van der Waals surface area contributed by atoms with Gasteiger partial charge in [-0.15, -0.1) is 0 Å². The van der Waals surface area contributed by atoms with E-state index in [0.29, 0.717) is 10.7 Å². The van der Waals surface area contributed by atoms with Crippen LogP contribution in [-0.4, -0.2) is 20.7 Å². The maximum Gasteiger partial charge on any atom is 0.319 e. The minimum Gasteiger partial charge on any atom is -0.331 e. The van der Waals surface area contributed by atoms with Crippen molar-refractivity contribution in [1.82, 2.24) is 5.32 Å². The number of hydrogen-bond donors (Lipinski definition) is 2. The molecule has 122 valence electrons. The second-order valence-corrected chi connectivity index (χ2v) is 7.56. The summed E-state index contributed by atoms with van der Waals surface area (Å²) in [5, 5.41) is 5.89. The summed E-state index contributed by atoms with van der Waals surface area (Å²) in [7, 11) is -3.23. The molecule has 0 aromatic heterocycles. The zero-order chi connectivity index (χ0) is 17.0. The second-order valence-electron chi connectivity index (χ2n) is 5.14. The maximum atomic E-state index is 12.0. The fraction of sp³-hybridized carbons (Fsp3) is 0.188. The third-order valence-corrected chi connectivity index (χ3v) is 4.74. The molecule has 2 aromatic rings. The lowest BCUT2D eigenvalue weighted by molar-refractivity contribution is 0.249. The van der Waals surface area contributed by atoms with E-state index in [0.717, 1.165) is 11.8 Å². The molecule has 0 aliphatic rings. The van der Waals surface area contributed by atoms with Crippen LogP contribution in [0.25, 0.3) is 0 Å². The molecular formula is C16H17ClN2O3S. The van der Waals surface area contributed by atoms with E-state index in [1.165, 1.54) is 12.1 Å². The van der Waals surface area contributed by atoms with E-state index >= 15 is 0 Å². The van der Waals surface area contributed by atoms with Gasteiger partial charge in [-0.25, -0.2) is 13.2 Å². The van der Waals surface area contributed by atoms with Gasteiger partial charge in [0.05, 0.1) is 21.6 Å². The van der Waals surface area contributed by atoms with Crippen molar-refractivity contribution in [3.8, 4) is 0 Å². The SMILES string of the molecule is CC(NC(=O)Nc1ccccc1Cl)c1ccc(S(C)(=O)=O)cc1. The summed E-state index contributed by atoms with van der Waals surface area (Å²) in [6.45, 7) is 1.81. The van der Waals surface area contributed by atoms with E-state index < -0.39 is 15.9 Å². The summed E-state index contributed by atoms with van der Waals surface area (Å²) in [5.41, 5.74) is 1.32. The molecule has 0 saturated carbocycles. The summed E-state index contributed by atoms with van der Waals surface area (Å²) in [5.74, 6) is 0. The standard InChI is InChI=1S/C16H17ClN2O3S/c1-11(12-7-9-13(10-8-12)23(2,21)22)18-16(20)19-15-6-4-3-5-14(15)17/h3-11H,1-2H3,(H2,18,19,20). The number of rotatable bonds is 4. The number of anilines is 1. The number of hydrogen-bond acceptors (Lipinski definition) is 3. The van der Waals surface area contributed by atoms with Crippen molar-refractivity contribution in [2.75, 3.05) is 11.6 Å². The zero-order valence-electron chi connectivity index (χ0n) is 12.7. The Morgan fingerprint density at radius 1 is 1.09 bits per heavy atom. The van der Waals surface area contributed by atoms with Gasteiger partial charge in [0.1, 0.15) is 0 Å². The summed E-state index contributed by atoms with van der Waals surface area (Å²) in [4.78, 5) is 12.2. The van der Waals surface area contributed by atoms with Gasteiger partial charge in [0.25, 0.3) is 0 Å². The largest absolute Gasteiger partial charge is 0.331 e. The Balaban J connectivity index is 2.02. The van der Waals surface area contributed by atoms with Crippen LogP contribution in [0.4, 0.5) is 10.5 Å². The molecule has 0 saturated heterocycles. The van der Waals surface area contributed by atoms with Crippen LogP contribution >= 0.6 is 11.6 Å². The predicted molar refractivity (Wildman–Crippen MR) is 91.6 cm³/mol. The molecule has 7 heteroatoms. The first-order valence-corrected chi connectivity index (χ1v) is 9.16. The van der Waals surface area contributed by atoms with Crippen LogP contribution in [0.5, 0.6) is 0 Å². The van der Waals surface area contributed by atoms with Crippen molar-refractivity contribution < 1.29 is 13.2 Å². The zero-order valence-corrected chi connectivity index (χ0v) is 14.3. The van der Waals surface area contributed by atoms with Gasteiger partial charge in [-0.05, 0) is 36.8 Å². The van der Waals surface area contributed by atoms with Crippen LogP contribution in [0.1, 0.15) is 18.5 Å².